The predicted molar refractivity (Wildman–Crippen MR) is 46.1 cm³/mol. The van der Waals surface area contributed by atoms with E-state index in [0.717, 1.165) is 12.1 Å². The van der Waals surface area contributed by atoms with Crippen molar-refractivity contribution < 1.29 is 18.3 Å². The highest BCUT2D eigenvalue weighted by atomic mass is 19.1. The van der Waals surface area contributed by atoms with E-state index < -0.39 is 17.2 Å². The highest BCUT2D eigenvalue weighted by Gasteiger charge is 2.13. The van der Waals surface area contributed by atoms with Gasteiger partial charge in [-0.2, -0.15) is 0 Å². The number of hydrogen-bond donors (Lipinski definition) is 0. The molecule has 2 nitrogen and oxygen atoms in total. The summed E-state index contributed by atoms with van der Waals surface area (Å²) < 4.78 is 30.7. The van der Waals surface area contributed by atoms with E-state index >= 15 is 0 Å². The maximum atomic E-state index is 13.2. The van der Waals surface area contributed by atoms with E-state index in [1.807, 2.05) is 0 Å². The van der Waals surface area contributed by atoms with Crippen LogP contribution in [0.2, 0.25) is 0 Å². The molecule has 14 heavy (non-hydrogen) atoms. The van der Waals surface area contributed by atoms with Gasteiger partial charge >= 0.3 is 0 Å². The summed E-state index contributed by atoms with van der Waals surface area (Å²) in [7, 11) is 0. The SMILES string of the molecule is C#CCOc1ccc(F)c(C=O)c1F. The quantitative estimate of drug-likeness (QED) is 0.544. The van der Waals surface area contributed by atoms with E-state index in [0.29, 0.717) is 0 Å². The van der Waals surface area contributed by atoms with Gasteiger partial charge in [0, 0.05) is 0 Å². The van der Waals surface area contributed by atoms with E-state index in [4.69, 9.17) is 11.2 Å². The van der Waals surface area contributed by atoms with Crippen molar-refractivity contribution in [2.45, 2.75) is 0 Å². The second kappa shape index (κ2) is 4.38. The zero-order chi connectivity index (χ0) is 10.6. The second-order valence-corrected chi connectivity index (χ2v) is 2.38. The number of hydrogen-bond acceptors (Lipinski definition) is 2. The summed E-state index contributed by atoms with van der Waals surface area (Å²) in [5.74, 6) is -0.0632. The Morgan fingerprint density at radius 1 is 1.50 bits per heavy atom. The molecule has 0 aromatic heterocycles. The van der Waals surface area contributed by atoms with Crippen molar-refractivity contribution in [1.82, 2.24) is 0 Å². The van der Waals surface area contributed by atoms with Gasteiger partial charge in [0.1, 0.15) is 12.4 Å². The molecule has 0 amide bonds. The first-order valence-electron chi connectivity index (χ1n) is 3.70. The van der Waals surface area contributed by atoms with Crippen molar-refractivity contribution in [2.24, 2.45) is 0 Å². The summed E-state index contributed by atoms with van der Waals surface area (Å²) in [6.07, 6.45) is 4.98. The Hall–Kier alpha value is -1.89. The number of halogens is 2. The number of benzene rings is 1. The third-order valence-electron chi connectivity index (χ3n) is 1.52. The summed E-state index contributed by atoms with van der Waals surface area (Å²) in [5.41, 5.74) is -0.653. The monoisotopic (exact) mass is 196 g/mol. The van der Waals surface area contributed by atoms with Gasteiger partial charge in [-0.1, -0.05) is 5.92 Å². The van der Waals surface area contributed by atoms with Crippen molar-refractivity contribution in [3.05, 3.63) is 29.3 Å². The molecule has 0 aliphatic carbocycles. The standard InChI is InChI=1S/C10H6F2O2/c1-2-5-14-9-4-3-8(11)7(6-13)10(9)12/h1,3-4,6H,5H2. The Kier molecular flexibility index (Phi) is 3.19. The van der Waals surface area contributed by atoms with Gasteiger partial charge in [-0.3, -0.25) is 4.79 Å². The van der Waals surface area contributed by atoms with E-state index in [2.05, 4.69) is 5.92 Å². The van der Waals surface area contributed by atoms with Crippen LogP contribution in [0.25, 0.3) is 0 Å². The largest absolute Gasteiger partial charge is 0.478 e. The van der Waals surface area contributed by atoms with Crippen LogP contribution in [0.3, 0.4) is 0 Å². The molecule has 1 aromatic rings. The van der Waals surface area contributed by atoms with E-state index in [9.17, 15) is 13.6 Å². The van der Waals surface area contributed by atoms with Gasteiger partial charge in [0.15, 0.2) is 17.9 Å². The number of terminal acetylenes is 1. The average Bonchev–Trinajstić information content (AvgIpc) is 2.18. The lowest BCUT2D eigenvalue weighted by Crippen LogP contribution is -2.01. The zero-order valence-corrected chi connectivity index (χ0v) is 7.09. The van der Waals surface area contributed by atoms with Crippen LogP contribution in [-0.4, -0.2) is 12.9 Å². The zero-order valence-electron chi connectivity index (χ0n) is 7.09. The molecule has 0 aliphatic heterocycles. The fourth-order valence-electron chi connectivity index (χ4n) is 0.888. The Morgan fingerprint density at radius 2 is 2.21 bits per heavy atom. The highest BCUT2D eigenvalue weighted by molar-refractivity contribution is 5.76. The average molecular weight is 196 g/mol. The lowest BCUT2D eigenvalue weighted by atomic mass is 10.2. The van der Waals surface area contributed by atoms with Crippen LogP contribution in [0.4, 0.5) is 8.78 Å². The van der Waals surface area contributed by atoms with Crippen molar-refractivity contribution in [3.8, 4) is 18.1 Å². The Balaban J connectivity index is 3.09. The maximum Gasteiger partial charge on any atom is 0.178 e. The molecule has 1 aromatic carbocycles. The van der Waals surface area contributed by atoms with Crippen LogP contribution >= 0.6 is 0 Å². The Labute approximate surface area is 79.5 Å². The normalized spacial score (nSPS) is 9.21. The molecule has 0 atom stereocenters. The van der Waals surface area contributed by atoms with Crippen LogP contribution < -0.4 is 4.74 Å². The molecule has 72 valence electrons. The fourth-order valence-corrected chi connectivity index (χ4v) is 0.888. The molecule has 0 radical (unpaired) electrons. The van der Waals surface area contributed by atoms with E-state index in [1.54, 1.807) is 0 Å². The highest BCUT2D eigenvalue weighted by Crippen LogP contribution is 2.21. The van der Waals surface area contributed by atoms with Crippen LogP contribution in [-0.2, 0) is 0 Å². The summed E-state index contributed by atoms with van der Waals surface area (Å²) in [6, 6.07) is 2.02. The van der Waals surface area contributed by atoms with Gasteiger partial charge in [0.2, 0.25) is 0 Å². The van der Waals surface area contributed by atoms with Crippen molar-refractivity contribution in [1.29, 1.82) is 0 Å². The Bertz CT molecular complexity index is 394. The summed E-state index contributed by atoms with van der Waals surface area (Å²) in [6.45, 7) is -0.138. The molecule has 0 saturated heterocycles. The van der Waals surface area contributed by atoms with Crippen LogP contribution in [0.15, 0.2) is 12.1 Å². The minimum atomic E-state index is -1.03. The van der Waals surface area contributed by atoms with Gasteiger partial charge in [-0.05, 0) is 12.1 Å². The topological polar surface area (TPSA) is 26.3 Å². The first-order valence-corrected chi connectivity index (χ1v) is 3.70. The first kappa shape index (κ1) is 10.2. The van der Waals surface area contributed by atoms with E-state index in [-0.39, 0.29) is 18.6 Å². The molecule has 0 unspecified atom stereocenters. The van der Waals surface area contributed by atoms with Gasteiger partial charge in [0.05, 0.1) is 5.56 Å². The van der Waals surface area contributed by atoms with E-state index in [1.165, 1.54) is 0 Å². The summed E-state index contributed by atoms with van der Waals surface area (Å²) in [4.78, 5) is 10.3. The molecular weight excluding hydrogens is 190 g/mol. The van der Waals surface area contributed by atoms with Crippen molar-refractivity contribution in [2.75, 3.05) is 6.61 Å². The third kappa shape index (κ3) is 1.88. The van der Waals surface area contributed by atoms with Crippen molar-refractivity contribution >= 4 is 6.29 Å². The van der Waals surface area contributed by atoms with Crippen LogP contribution in [0.5, 0.6) is 5.75 Å². The predicted octanol–water partition coefficient (Wildman–Crippen LogP) is 1.79. The molecular formula is C10H6F2O2. The fraction of sp³-hybridized carbons (Fsp3) is 0.100. The number of ether oxygens (including phenoxy) is 1. The lowest BCUT2D eigenvalue weighted by molar-refractivity contribution is 0.111. The molecule has 0 saturated carbocycles. The number of rotatable bonds is 3. The number of carbonyl (C=O) groups excluding carboxylic acids is 1. The summed E-state index contributed by atoms with van der Waals surface area (Å²) in [5, 5.41) is 0. The van der Waals surface area contributed by atoms with Crippen molar-refractivity contribution in [3.63, 3.8) is 0 Å². The molecule has 0 aliphatic rings. The molecule has 0 fully saturated rings. The minimum absolute atomic E-state index is 0.0907. The number of aldehydes is 1. The number of carbonyl (C=O) groups is 1. The molecule has 0 N–H and O–H groups in total. The molecule has 0 spiro atoms. The third-order valence-corrected chi connectivity index (χ3v) is 1.52. The van der Waals surface area contributed by atoms with Gasteiger partial charge < -0.3 is 4.74 Å². The van der Waals surface area contributed by atoms with Gasteiger partial charge in [0.25, 0.3) is 0 Å². The van der Waals surface area contributed by atoms with Crippen LogP contribution in [0, 0.1) is 24.0 Å². The first-order chi connectivity index (χ1) is 6.70. The molecule has 4 heteroatoms. The van der Waals surface area contributed by atoms with Gasteiger partial charge in [-0.15, -0.1) is 6.42 Å². The van der Waals surface area contributed by atoms with Gasteiger partial charge in [-0.25, -0.2) is 8.78 Å². The summed E-state index contributed by atoms with van der Waals surface area (Å²) >= 11 is 0. The maximum absolute atomic E-state index is 13.2. The molecule has 1 rings (SSSR count). The smallest absolute Gasteiger partial charge is 0.178 e. The molecule has 0 bridgehead atoms. The minimum Gasteiger partial charge on any atom is -0.478 e. The lowest BCUT2D eigenvalue weighted by Gasteiger charge is -2.05. The Morgan fingerprint density at radius 3 is 2.79 bits per heavy atom. The second-order valence-electron chi connectivity index (χ2n) is 2.38. The molecule has 0 heterocycles. The van der Waals surface area contributed by atoms with Crippen LogP contribution in [0.1, 0.15) is 10.4 Å².